The molecule has 3 rings (SSSR count). The van der Waals surface area contributed by atoms with Crippen molar-refractivity contribution in [3.63, 3.8) is 0 Å². The van der Waals surface area contributed by atoms with E-state index in [1.807, 2.05) is 18.2 Å². The van der Waals surface area contributed by atoms with E-state index in [2.05, 4.69) is 34.5 Å². The molecule has 18 heavy (non-hydrogen) atoms. The fourth-order valence-electron chi connectivity index (χ4n) is 2.14. The third-order valence-electron chi connectivity index (χ3n) is 3.20. The number of thiophene rings is 1. The third-order valence-corrected chi connectivity index (χ3v) is 4.06. The van der Waals surface area contributed by atoms with E-state index in [4.69, 9.17) is 5.26 Å². The number of nitrogens with zero attached hydrogens (tertiary/aromatic N) is 2. The molecule has 1 saturated carbocycles. The van der Waals surface area contributed by atoms with E-state index in [9.17, 15) is 0 Å². The average molecular weight is 254 g/mol. The van der Waals surface area contributed by atoms with Gasteiger partial charge in [0.1, 0.15) is 0 Å². The maximum Gasteiger partial charge on any atom is 0.0992 e. The minimum absolute atomic E-state index is 0.654. The summed E-state index contributed by atoms with van der Waals surface area (Å²) >= 11 is 1.79. The molecule has 0 aliphatic heterocycles. The predicted molar refractivity (Wildman–Crippen MR) is 74.7 cm³/mol. The third kappa shape index (κ3) is 2.39. The van der Waals surface area contributed by atoms with Crippen molar-refractivity contribution in [2.45, 2.75) is 25.4 Å². The van der Waals surface area contributed by atoms with E-state index in [0.29, 0.717) is 6.04 Å². The smallest absolute Gasteiger partial charge is 0.0992 e. The normalized spacial score (nSPS) is 14.2. The molecule has 0 bridgehead atoms. The van der Waals surface area contributed by atoms with Gasteiger partial charge in [-0.1, -0.05) is 12.1 Å². The largest absolute Gasteiger partial charge is 0.363 e. The molecule has 0 unspecified atom stereocenters. The number of anilines is 1. The van der Waals surface area contributed by atoms with Gasteiger partial charge in [-0.3, -0.25) is 0 Å². The van der Waals surface area contributed by atoms with Gasteiger partial charge < -0.3 is 4.90 Å². The molecule has 1 aliphatic rings. The van der Waals surface area contributed by atoms with Crippen LogP contribution in [0, 0.1) is 11.3 Å². The zero-order valence-electron chi connectivity index (χ0n) is 10.0. The van der Waals surface area contributed by atoms with Crippen LogP contribution in [0.15, 0.2) is 41.8 Å². The molecule has 90 valence electrons. The Morgan fingerprint density at radius 1 is 1.28 bits per heavy atom. The summed E-state index contributed by atoms with van der Waals surface area (Å²) in [6.45, 7) is 0.956. The summed E-state index contributed by atoms with van der Waals surface area (Å²) in [6, 6.07) is 15.1. The topological polar surface area (TPSA) is 27.0 Å². The molecule has 1 aromatic heterocycles. The molecule has 0 amide bonds. The fraction of sp³-hybridized carbons (Fsp3) is 0.267. The van der Waals surface area contributed by atoms with Gasteiger partial charge in [0.2, 0.25) is 0 Å². The SMILES string of the molecule is N#Cc1cccc(N(Cc2cccs2)C2CC2)c1. The monoisotopic (exact) mass is 254 g/mol. The van der Waals surface area contributed by atoms with Crippen LogP contribution in [0.2, 0.25) is 0 Å². The summed E-state index contributed by atoms with van der Waals surface area (Å²) < 4.78 is 0. The molecular formula is C15H14N2S. The molecule has 0 saturated heterocycles. The summed E-state index contributed by atoms with van der Waals surface area (Å²) in [5, 5.41) is 11.1. The van der Waals surface area contributed by atoms with Crippen molar-refractivity contribution in [2.24, 2.45) is 0 Å². The molecule has 1 heterocycles. The average Bonchev–Trinajstić information content (AvgIpc) is 3.13. The van der Waals surface area contributed by atoms with Crippen LogP contribution < -0.4 is 4.90 Å². The van der Waals surface area contributed by atoms with Gasteiger partial charge in [0.15, 0.2) is 0 Å². The van der Waals surface area contributed by atoms with Crippen LogP contribution in [-0.2, 0) is 6.54 Å². The Kier molecular flexibility index (Phi) is 3.04. The van der Waals surface area contributed by atoms with E-state index >= 15 is 0 Å². The molecule has 3 heteroatoms. The van der Waals surface area contributed by atoms with Crippen molar-refractivity contribution in [3.05, 3.63) is 52.2 Å². The van der Waals surface area contributed by atoms with Gasteiger partial charge in [-0.25, -0.2) is 0 Å². The van der Waals surface area contributed by atoms with Gasteiger partial charge in [0.05, 0.1) is 18.2 Å². The second kappa shape index (κ2) is 4.83. The highest BCUT2D eigenvalue weighted by Gasteiger charge is 2.29. The molecule has 1 aliphatic carbocycles. The number of benzene rings is 1. The minimum Gasteiger partial charge on any atom is -0.363 e. The molecule has 0 radical (unpaired) electrons. The fourth-order valence-corrected chi connectivity index (χ4v) is 2.84. The Balaban J connectivity index is 1.87. The van der Waals surface area contributed by atoms with Crippen molar-refractivity contribution >= 4 is 17.0 Å². The number of hydrogen-bond acceptors (Lipinski definition) is 3. The molecule has 0 N–H and O–H groups in total. The van der Waals surface area contributed by atoms with Crippen LogP contribution in [0.4, 0.5) is 5.69 Å². The molecule has 1 fully saturated rings. The lowest BCUT2D eigenvalue weighted by molar-refractivity contribution is 0.803. The van der Waals surface area contributed by atoms with Crippen LogP contribution >= 0.6 is 11.3 Å². The molecule has 2 aromatic rings. The molecule has 1 aromatic carbocycles. The van der Waals surface area contributed by atoms with Gasteiger partial charge >= 0.3 is 0 Å². The van der Waals surface area contributed by atoms with Gasteiger partial charge in [-0.15, -0.1) is 11.3 Å². The van der Waals surface area contributed by atoms with Crippen molar-refractivity contribution in [2.75, 3.05) is 4.90 Å². The maximum atomic E-state index is 8.99. The maximum absolute atomic E-state index is 8.99. The zero-order valence-corrected chi connectivity index (χ0v) is 10.9. The number of hydrogen-bond donors (Lipinski definition) is 0. The van der Waals surface area contributed by atoms with Crippen molar-refractivity contribution in [1.82, 2.24) is 0 Å². The van der Waals surface area contributed by atoms with Crippen molar-refractivity contribution < 1.29 is 0 Å². The first-order valence-electron chi connectivity index (χ1n) is 6.16. The number of nitriles is 1. The summed E-state index contributed by atoms with van der Waals surface area (Å²) in [7, 11) is 0. The quantitative estimate of drug-likeness (QED) is 0.830. The van der Waals surface area contributed by atoms with Crippen LogP contribution in [0.1, 0.15) is 23.3 Å². The molecule has 2 nitrogen and oxygen atoms in total. The highest BCUT2D eigenvalue weighted by molar-refractivity contribution is 7.09. The lowest BCUT2D eigenvalue weighted by Crippen LogP contribution is -2.24. The molecular weight excluding hydrogens is 240 g/mol. The molecule has 0 atom stereocenters. The van der Waals surface area contributed by atoms with Crippen molar-refractivity contribution in [1.29, 1.82) is 5.26 Å². The lowest BCUT2D eigenvalue weighted by atomic mass is 10.2. The van der Waals surface area contributed by atoms with Crippen LogP contribution in [0.5, 0.6) is 0 Å². The second-order valence-electron chi connectivity index (χ2n) is 4.60. The van der Waals surface area contributed by atoms with Gasteiger partial charge in [-0.05, 0) is 42.5 Å². The first-order chi connectivity index (χ1) is 8.86. The van der Waals surface area contributed by atoms with E-state index in [1.165, 1.54) is 23.4 Å². The first kappa shape index (κ1) is 11.3. The zero-order chi connectivity index (χ0) is 12.4. The minimum atomic E-state index is 0.654. The lowest BCUT2D eigenvalue weighted by Gasteiger charge is -2.24. The highest BCUT2D eigenvalue weighted by Crippen LogP contribution is 2.33. The standard InChI is InChI=1S/C15H14N2S/c16-10-12-3-1-4-14(9-12)17(13-6-7-13)11-15-5-2-8-18-15/h1-5,8-9,13H,6-7,11H2. The van der Waals surface area contributed by atoms with Crippen LogP contribution in [-0.4, -0.2) is 6.04 Å². The first-order valence-corrected chi connectivity index (χ1v) is 7.04. The van der Waals surface area contributed by atoms with E-state index in [0.717, 1.165) is 12.1 Å². The predicted octanol–water partition coefficient (Wildman–Crippen LogP) is 3.79. The Morgan fingerprint density at radius 2 is 2.17 bits per heavy atom. The number of rotatable bonds is 4. The van der Waals surface area contributed by atoms with Gasteiger partial charge in [-0.2, -0.15) is 5.26 Å². The van der Waals surface area contributed by atoms with Gasteiger partial charge in [0, 0.05) is 16.6 Å². The Labute approximate surface area is 111 Å². The Hall–Kier alpha value is -1.79. The van der Waals surface area contributed by atoms with E-state index in [-0.39, 0.29) is 0 Å². The molecule has 0 spiro atoms. The van der Waals surface area contributed by atoms with Crippen molar-refractivity contribution in [3.8, 4) is 6.07 Å². The van der Waals surface area contributed by atoms with Crippen LogP contribution in [0.25, 0.3) is 0 Å². The highest BCUT2D eigenvalue weighted by atomic mass is 32.1. The summed E-state index contributed by atoms with van der Waals surface area (Å²) in [6.07, 6.45) is 2.53. The Morgan fingerprint density at radius 3 is 2.83 bits per heavy atom. The second-order valence-corrected chi connectivity index (χ2v) is 5.63. The summed E-state index contributed by atoms with van der Waals surface area (Å²) in [5.41, 5.74) is 1.91. The summed E-state index contributed by atoms with van der Waals surface area (Å²) in [5.74, 6) is 0. The van der Waals surface area contributed by atoms with Gasteiger partial charge in [0.25, 0.3) is 0 Å². The summed E-state index contributed by atoms with van der Waals surface area (Å²) in [4.78, 5) is 3.80. The Bertz CT molecular complexity index is 564. The van der Waals surface area contributed by atoms with E-state index in [1.54, 1.807) is 11.3 Å². The van der Waals surface area contributed by atoms with Crippen LogP contribution in [0.3, 0.4) is 0 Å². The van der Waals surface area contributed by atoms with E-state index < -0.39 is 0 Å².